The quantitative estimate of drug-likeness (QED) is 0.328. The van der Waals surface area contributed by atoms with E-state index in [0.717, 1.165) is 16.2 Å². The van der Waals surface area contributed by atoms with Gasteiger partial charge in [-0.15, -0.1) is 5.10 Å². The van der Waals surface area contributed by atoms with E-state index in [-0.39, 0.29) is 0 Å². The van der Waals surface area contributed by atoms with Crippen LogP contribution in [0.15, 0.2) is 29.4 Å². The van der Waals surface area contributed by atoms with Gasteiger partial charge in [-0.2, -0.15) is 0 Å². The van der Waals surface area contributed by atoms with E-state index in [1.54, 1.807) is 7.05 Å². The van der Waals surface area contributed by atoms with Crippen molar-refractivity contribution in [2.24, 2.45) is 16.7 Å². The van der Waals surface area contributed by atoms with Crippen LogP contribution in [0.3, 0.4) is 0 Å². The van der Waals surface area contributed by atoms with Gasteiger partial charge in [0, 0.05) is 19.2 Å². The lowest BCUT2D eigenvalue weighted by molar-refractivity contribution is 0.0528. The molecule has 0 aliphatic rings. The first-order chi connectivity index (χ1) is 10.2. The third-order valence-electron chi connectivity index (χ3n) is 2.60. The molecule has 0 spiro atoms. The van der Waals surface area contributed by atoms with Gasteiger partial charge in [-0.1, -0.05) is 24.3 Å². The summed E-state index contributed by atoms with van der Waals surface area (Å²) in [5.41, 5.74) is 7.18. The van der Waals surface area contributed by atoms with E-state index < -0.39 is 11.7 Å². The molecule has 0 saturated carbocycles. The molecule has 0 saturated heterocycles. The van der Waals surface area contributed by atoms with Crippen LogP contribution >= 0.6 is 0 Å². The van der Waals surface area contributed by atoms with Crippen LogP contribution in [-0.4, -0.2) is 36.2 Å². The molecular weight excluding hydrogens is 282 g/mol. The van der Waals surface area contributed by atoms with Crippen LogP contribution in [-0.2, 0) is 11.2 Å². The van der Waals surface area contributed by atoms with Gasteiger partial charge in [0.05, 0.1) is 0 Å². The number of amidine groups is 1. The summed E-state index contributed by atoms with van der Waals surface area (Å²) in [7, 11) is 1.60. The Bertz CT molecular complexity index is 518. The molecule has 0 bridgehead atoms. The van der Waals surface area contributed by atoms with E-state index in [1.165, 1.54) is 0 Å². The number of amides is 1. The highest BCUT2D eigenvalue weighted by molar-refractivity contribution is 5.97. The summed E-state index contributed by atoms with van der Waals surface area (Å²) >= 11 is 0. The molecule has 0 atom stereocenters. The van der Waals surface area contributed by atoms with E-state index in [2.05, 4.69) is 10.4 Å². The number of hydrazone groups is 1. The summed E-state index contributed by atoms with van der Waals surface area (Å²) in [6, 6.07) is 7.60. The Hall–Kier alpha value is -2.28. The molecule has 0 fully saturated rings. The number of carbonyl (C=O) groups excluding carboxylic acids is 1. The van der Waals surface area contributed by atoms with Crippen LogP contribution in [0.2, 0.25) is 0 Å². The number of benzene rings is 1. The normalized spacial score (nSPS) is 12.0. The fraction of sp³-hybridized carbons (Fsp3) is 0.467. The smallest absolute Gasteiger partial charge is 0.407 e. The number of ether oxygens (including phenoxy) is 1. The predicted octanol–water partition coefficient (Wildman–Crippen LogP) is 1.18. The van der Waals surface area contributed by atoms with Gasteiger partial charge in [0.2, 0.25) is 0 Å². The second-order valence-electron chi connectivity index (χ2n) is 5.93. The Kier molecular flexibility index (Phi) is 6.18. The van der Waals surface area contributed by atoms with Crippen molar-refractivity contribution in [2.45, 2.75) is 32.8 Å². The molecule has 0 heterocycles. The summed E-state index contributed by atoms with van der Waals surface area (Å²) in [6.07, 6.45) is 0.291. The second-order valence-corrected chi connectivity index (χ2v) is 5.93. The fourth-order valence-corrected chi connectivity index (χ4v) is 1.69. The maximum absolute atomic E-state index is 11.5. The minimum Gasteiger partial charge on any atom is -0.444 e. The molecule has 1 aromatic rings. The number of rotatable bonds is 5. The van der Waals surface area contributed by atoms with Gasteiger partial charge in [0.25, 0.3) is 0 Å². The van der Waals surface area contributed by atoms with E-state index >= 15 is 0 Å². The van der Waals surface area contributed by atoms with Crippen molar-refractivity contribution in [1.29, 1.82) is 0 Å². The van der Waals surface area contributed by atoms with Crippen molar-refractivity contribution in [3.8, 4) is 0 Å². The minimum atomic E-state index is -0.487. The number of nitrogens with zero attached hydrogens (tertiary/aromatic N) is 2. The molecule has 5 N–H and O–H groups in total. The Morgan fingerprint density at radius 2 is 1.91 bits per heavy atom. The number of hydrogen-bond donors (Lipinski definition) is 3. The largest absolute Gasteiger partial charge is 0.444 e. The van der Waals surface area contributed by atoms with Crippen LogP contribution in [0.5, 0.6) is 0 Å². The van der Waals surface area contributed by atoms with E-state index in [9.17, 15) is 4.79 Å². The van der Waals surface area contributed by atoms with Crippen molar-refractivity contribution in [2.75, 3.05) is 13.6 Å². The Morgan fingerprint density at radius 1 is 1.32 bits per heavy atom. The Morgan fingerprint density at radius 3 is 2.41 bits per heavy atom. The van der Waals surface area contributed by atoms with Crippen molar-refractivity contribution in [3.63, 3.8) is 0 Å². The molecule has 1 aromatic carbocycles. The summed E-state index contributed by atoms with van der Waals surface area (Å²) in [5.74, 6) is 5.76. The molecule has 122 valence electrons. The third kappa shape index (κ3) is 6.94. The number of hydrazine groups is 1. The fourth-order valence-electron chi connectivity index (χ4n) is 1.69. The lowest BCUT2D eigenvalue weighted by Crippen LogP contribution is -2.33. The van der Waals surface area contributed by atoms with E-state index in [4.69, 9.17) is 16.3 Å². The molecule has 1 amide bonds. The lowest BCUT2D eigenvalue weighted by Gasteiger charge is -2.19. The molecule has 0 aliphatic carbocycles. The topological polar surface area (TPSA) is 106 Å². The summed E-state index contributed by atoms with van der Waals surface area (Å²) < 4.78 is 5.16. The number of hydrogen-bond acceptors (Lipinski definition) is 5. The highest BCUT2D eigenvalue weighted by atomic mass is 16.6. The number of carbonyl (C=O) groups is 1. The monoisotopic (exact) mass is 307 g/mol. The van der Waals surface area contributed by atoms with Crippen molar-refractivity contribution >= 4 is 11.9 Å². The van der Waals surface area contributed by atoms with Crippen LogP contribution in [0.25, 0.3) is 0 Å². The second kappa shape index (κ2) is 7.65. The minimum absolute atomic E-state index is 0.350. The molecule has 7 nitrogen and oxygen atoms in total. The van der Waals surface area contributed by atoms with Crippen molar-refractivity contribution in [1.82, 2.24) is 10.4 Å². The zero-order chi connectivity index (χ0) is 16.8. The van der Waals surface area contributed by atoms with E-state index in [1.807, 2.05) is 45.0 Å². The summed E-state index contributed by atoms with van der Waals surface area (Å²) in [6.45, 7) is 5.99. The number of nitrogens with one attached hydrogen (secondary N) is 1. The number of nitrogens with two attached hydrogens (primary N) is 2. The molecule has 0 unspecified atom stereocenters. The van der Waals surface area contributed by atoms with Gasteiger partial charge >= 0.3 is 6.09 Å². The van der Waals surface area contributed by atoms with Gasteiger partial charge in [-0.25, -0.2) is 15.8 Å². The summed E-state index contributed by atoms with van der Waals surface area (Å²) in [5, 5.41) is 7.81. The standard InChI is InChI=1S/C15H25N5O2/c1-15(2,3)22-14(21)18-10-9-11-5-7-12(8-6-11)13(16)19-20(4)17/h5-8H,9-10,17H2,1-4H3,(H2,16,19)(H,18,21). The average molecular weight is 307 g/mol. The first-order valence-corrected chi connectivity index (χ1v) is 7.06. The van der Waals surface area contributed by atoms with Gasteiger partial charge in [-0.3, -0.25) is 0 Å². The third-order valence-corrected chi connectivity index (χ3v) is 2.60. The molecule has 0 radical (unpaired) electrons. The first-order valence-electron chi connectivity index (χ1n) is 7.06. The lowest BCUT2D eigenvalue weighted by atomic mass is 10.1. The van der Waals surface area contributed by atoms with Gasteiger partial charge in [0.15, 0.2) is 5.84 Å². The molecule has 22 heavy (non-hydrogen) atoms. The molecule has 1 rings (SSSR count). The Balaban J connectivity index is 2.47. The van der Waals surface area contributed by atoms with Gasteiger partial charge < -0.3 is 15.8 Å². The Labute approximate surface area is 131 Å². The van der Waals surface area contributed by atoms with E-state index in [0.29, 0.717) is 18.8 Å². The van der Waals surface area contributed by atoms with Crippen molar-refractivity contribution < 1.29 is 9.53 Å². The SMILES string of the molecule is CN(N)/N=C(\N)c1ccc(CCNC(=O)OC(C)(C)C)cc1. The van der Waals surface area contributed by atoms with Crippen LogP contribution in [0.1, 0.15) is 31.9 Å². The van der Waals surface area contributed by atoms with Crippen LogP contribution < -0.4 is 16.9 Å². The molecule has 7 heteroatoms. The molecule has 0 aliphatic heterocycles. The van der Waals surface area contributed by atoms with Crippen LogP contribution in [0.4, 0.5) is 4.79 Å². The first kappa shape index (κ1) is 17.8. The maximum atomic E-state index is 11.5. The molecular formula is C15H25N5O2. The van der Waals surface area contributed by atoms with Gasteiger partial charge in [0.1, 0.15) is 5.60 Å². The van der Waals surface area contributed by atoms with Crippen molar-refractivity contribution in [3.05, 3.63) is 35.4 Å². The average Bonchev–Trinajstić information content (AvgIpc) is 2.36. The highest BCUT2D eigenvalue weighted by Gasteiger charge is 2.15. The zero-order valence-corrected chi connectivity index (χ0v) is 13.6. The zero-order valence-electron chi connectivity index (χ0n) is 13.6. The predicted molar refractivity (Wildman–Crippen MR) is 87.1 cm³/mol. The van der Waals surface area contributed by atoms with Gasteiger partial charge in [-0.05, 0) is 32.8 Å². The maximum Gasteiger partial charge on any atom is 0.407 e. The van der Waals surface area contributed by atoms with Crippen LogP contribution in [0, 0.1) is 0 Å². The number of alkyl carbamates (subject to hydrolysis) is 1. The summed E-state index contributed by atoms with van der Waals surface area (Å²) in [4.78, 5) is 11.5. The highest BCUT2D eigenvalue weighted by Crippen LogP contribution is 2.07. The molecule has 0 aromatic heterocycles.